The highest BCUT2D eigenvalue weighted by Gasteiger charge is 2.25. The minimum absolute atomic E-state index is 0.187. The SMILES string of the molecule is CC1CCCCN1c1nc(NC2=C3C=CC=CC3NN2)c2ccccc2n1. The van der Waals surface area contributed by atoms with Crippen LogP contribution in [0, 0.1) is 0 Å². The second-order valence-electron chi connectivity index (χ2n) is 7.37. The molecule has 2 aromatic rings. The molecule has 0 bridgehead atoms. The van der Waals surface area contributed by atoms with E-state index in [-0.39, 0.29) is 6.04 Å². The standard InChI is InChI=1S/C21H24N6/c1-14-8-6-7-13-27(14)21-22-17-11-4-2-9-15(17)19(24-21)23-20-16-10-3-5-12-18(16)25-26-20/h2-5,9-12,14,18,25-26H,6-8,13H2,1H3,(H,22,23,24). The van der Waals surface area contributed by atoms with Crippen LogP contribution < -0.4 is 21.1 Å². The van der Waals surface area contributed by atoms with Crippen LogP contribution in [-0.4, -0.2) is 28.6 Å². The van der Waals surface area contributed by atoms with Crippen molar-refractivity contribution in [1.82, 2.24) is 20.8 Å². The predicted octanol–water partition coefficient (Wildman–Crippen LogP) is 3.23. The molecule has 1 aromatic heterocycles. The Morgan fingerprint density at radius 2 is 2.07 bits per heavy atom. The lowest BCUT2D eigenvalue weighted by Crippen LogP contribution is -2.38. The third kappa shape index (κ3) is 2.96. The van der Waals surface area contributed by atoms with Crippen molar-refractivity contribution in [3.05, 3.63) is 60.0 Å². The summed E-state index contributed by atoms with van der Waals surface area (Å²) < 4.78 is 0. The van der Waals surface area contributed by atoms with E-state index in [4.69, 9.17) is 9.97 Å². The van der Waals surface area contributed by atoms with E-state index in [2.05, 4.69) is 64.4 Å². The highest BCUT2D eigenvalue weighted by atomic mass is 15.4. The largest absolute Gasteiger partial charge is 0.338 e. The van der Waals surface area contributed by atoms with Crippen LogP contribution in [0.4, 0.5) is 11.8 Å². The van der Waals surface area contributed by atoms with Gasteiger partial charge in [-0.1, -0.05) is 36.4 Å². The highest BCUT2D eigenvalue weighted by Crippen LogP contribution is 2.29. The number of rotatable bonds is 3. The van der Waals surface area contributed by atoms with E-state index in [0.29, 0.717) is 6.04 Å². The molecule has 2 atom stereocenters. The molecule has 3 aliphatic rings. The summed E-state index contributed by atoms with van der Waals surface area (Å²) in [6.45, 7) is 3.28. The Morgan fingerprint density at radius 3 is 3.00 bits per heavy atom. The van der Waals surface area contributed by atoms with Gasteiger partial charge in [0.05, 0.1) is 11.6 Å². The molecule has 0 amide bonds. The molecule has 6 heteroatoms. The van der Waals surface area contributed by atoms with Crippen molar-refractivity contribution in [2.75, 3.05) is 16.8 Å². The smallest absolute Gasteiger partial charge is 0.228 e. The van der Waals surface area contributed by atoms with Crippen molar-refractivity contribution < 1.29 is 0 Å². The molecule has 1 fully saturated rings. The Balaban J connectivity index is 1.57. The Bertz CT molecular complexity index is 960. The molecule has 2 aliphatic heterocycles. The van der Waals surface area contributed by atoms with E-state index >= 15 is 0 Å². The number of allylic oxidation sites excluding steroid dienone is 2. The van der Waals surface area contributed by atoms with Crippen molar-refractivity contribution in [3.63, 3.8) is 0 Å². The van der Waals surface area contributed by atoms with Crippen LogP contribution in [0.25, 0.3) is 10.9 Å². The zero-order valence-electron chi connectivity index (χ0n) is 15.4. The van der Waals surface area contributed by atoms with Crippen molar-refractivity contribution in [3.8, 4) is 0 Å². The molecular weight excluding hydrogens is 336 g/mol. The summed E-state index contributed by atoms with van der Waals surface area (Å²) in [5.74, 6) is 2.60. The fourth-order valence-corrected chi connectivity index (χ4v) is 4.03. The average molecular weight is 360 g/mol. The summed E-state index contributed by atoms with van der Waals surface area (Å²) in [5.41, 5.74) is 8.70. The minimum atomic E-state index is 0.187. The molecule has 0 saturated carbocycles. The van der Waals surface area contributed by atoms with Gasteiger partial charge in [0.2, 0.25) is 5.95 Å². The fraction of sp³-hybridized carbons (Fsp3) is 0.333. The molecular formula is C21H24N6. The number of aromatic nitrogens is 2. The number of hydrazine groups is 1. The van der Waals surface area contributed by atoms with Gasteiger partial charge in [-0.3, -0.25) is 0 Å². The van der Waals surface area contributed by atoms with Gasteiger partial charge in [-0.05, 0) is 38.3 Å². The first-order valence-corrected chi connectivity index (χ1v) is 9.70. The molecule has 5 rings (SSSR count). The summed E-state index contributed by atoms with van der Waals surface area (Å²) in [6, 6.07) is 8.85. The van der Waals surface area contributed by atoms with Crippen molar-refractivity contribution in [2.45, 2.75) is 38.3 Å². The van der Waals surface area contributed by atoms with E-state index in [1.807, 2.05) is 12.1 Å². The number of hydrogen-bond donors (Lipinski definition) is 3. The third-order valence-corrected chi connectivity index (χ3v) is 5.56. The van der Waals surface area contributed by atoms with Gasteiger partial charge in [0.15, 0.2) is 0 Å². The van der Waals surface area contributed by atoms with Crippen molar-refractivity contribution in [2.24, 2.45) is 0 Å². The molecule has 138 valence electrons. The van der Waals surface area contributed by atoms with Crippen LogP contribution in [0.1, 0.15) is 26.2 Å². The first-order chi connectivity index (χ1) is 13.3. The number of fused-ring (bicyclic) bond motifs is 2. The summed E-state index contributed by atoms with van der Waals surface area (Å²) in [6.07, 6.45) is 12.0. The third-order valence-electron chi connectivity index (χ3n) is 5.56. The molecule has 3 heterocycles. The first kappa shape index (κ1) is 16.3. The number of benzene rings is 1. The quantitative estimate of drug-likeness (QED) is 0.781. The second kappa shape index (κ2) is 6.70. The second-order valence-corrected chi connectivity index (χ2v) is 7.37. The van der Waals surface area contributed by atoms with Gasteiger partial charge < -0.3 is 15.6 Å². The topological polar surface area (TPSA) is 65.1 Å². The van der Waals surface area contributed by atoms with Gasteiger partial charge in [0.1, 0.15) is 11.6 Å². The van der Waals surface area contributed by atoms with Crippen LogP contribution in [0.15, 0.2) is 60.0 Å². The molecule has 1 aromatic carbocycles. The number of nitrogens with one attached hydrogen (secondary N) is 3. The lowest BCUT2D eigenvalue weighted by atomic mass is 10.0. The summed E-state index contributed by atoms with van der Waals surface area (Å²) >= 11 is 0. The first-order valence-electron chi connectivity index (χ1n) is 9.70. The maximum atomic E-state index is 4.94. The number of anilines is 2. The number of nitrogens with zero attached hydrogens (tertiary/aromatic N) is 3. The Labute approximate surface area is 159 Å². The number of para-hydroxylation sites is 1. The molecule has 27 heavy (non-hydrogen) atoms. The van der Waals surface area contributed by atoms with Gasteiger partial charge in [-0.25, -0.2) is 10.4 Å². The maximum Gasteiger partial charge on any atom is 0.228 e. The Kier molecular flexibility index (Phi) is 4.05. The summed E-state index contributed by atoms with van der Waals surface area (Å²) in [5, 5.41) is 4.55. The van der Waals surface area contributed by atoms with E-state index in [1.54, 1.807) is 0 Å². The predicted molar refractivity (Wildman–Crippen MR) is 109 cm³/mol. The van der Waals surface area contributed by atoms with Gasteiger partial charge >= 0.3 is 0 Å². The van der Waals surface area contributed by atoms with Gasteiger partial charge in [-0.2, -0.15) is 4.98 Å². The Morgan fingerprint density at radius 1 is 1.15 bits per heavy atom. The minimum Gasteiger partial charge on any atom is -0.338 e. The van der Waals surface area contributed by atoms with E-state index in [1.165, 1.54) is 24.8 Å². The van der Waals surface area contributed by atoms with E-state index in [0.717, 1.165) is 35.0 Å². The van der Waals surface area contributed by atoms with Crippen molar-refractivity contribution >= 4 is 22.7 Å². The van der Waals surface area contributed by atoms with Crippen LogP contribution in [0.5, 0.6) is 0 Å². The Hall–Kier alpha value is -2.86. The normalized spacial score (nSPS) is 24.3. The molecule has 1 saturated heterocycles. The number of hydrogen-bond acceptors (Lipinski definition) is 6. The van der Waals surface area contributed by atoms with Crippen LogP contribution in [0.2, 0.25) is 0 Å². The van der Waals surface area contributed by atoms with Crippen LogP contribution in [-0.2, 0) is 0 Å². The molecule has 0 spiro atoms. The lowest BCUT2D eigenvalue weighted by molar-refractivity contribution is 0.478. The fourth-order valence-electron chi connectivity index (χ4n) is 4.03. The average Bonchev–Trinajstić information content (AvgIpc) is 3.11. The molecule has 3 N–H and O–H groups in total. The monoisotopic (exact) mass is 360 g/mol. The van der Waals surface area contributed by atoms with E-state index < -0.39 is 0 Å². The molecule has 6 nitrogen and oxygen atoms in total. The zero-order chi connectivity index (χ0) is 18.2. The zero-order valence-corrected chi connectivity index (χ0v) is 15.4. The maximum absolute atomic E-state index is 4.94. The molecule has 1 aliphatic carbocycles. The lowest BCUT2D eigenvalue weighted by Gasteiger charge is -2.33. The van der Waals surface area contributed by atoms with Crippen molar-refractivity contribution in [1.29, 1.82) is 0 Å². The van der Waals surface area contributed by atoms with Gasteiger partial charge in [0, 0.05) is 23.5 Å². The summed E-state index contributed by atoms with van der Waals surface area (Å²) in [7, 11) is 0. The van der Waals surface area contributed by atoms with E-state index in [9.17, 15) is 0 Å². The highest BCUT2D eigenvalue weighted by molar-refractivity contribution is 5.90. The van der Waals surface area contributed by atoms with Gasteiger partial charge in [0.25, 0.3) is 0 Å². The number of piperidine rings is 1. The van der Waals surface area contributed by atoms with Gasteiger partial charge in [-0.15, -0.1) is 0 Å². The molecule has 0 radical (unpaired) electrons. The molecule has 2 unspecified atom stereocenters. The van der Waals surface area contributed by atoms with Crippen LogP contribution in [0.3, 0.4) is 0 Å². The summed E-state index contributed by atoms with van der Waals surface area (Å²) in [4.78, 5) is 12.1. The van der Waals surface area contributed by atoms with Crippen LogP contribution >= 0.6 is 0 Å².